The van der Waals surface area contributed by atoms with E-state index in [1.165, 1.54) is 6.07 Å². The maximum atomic E-state index is 13.2. The number of rotatable bonds is 5. The molecule has 2 aromatic carbocycles. The second kappa shape index (κ2) is 6.04. The summed E-state index contributed by atoms with van der Waals surface area (Å²) in [6.45, 7) is 0. The molecule has 0 atom stereocenters. The molecule has 0 bridgehead atoms. The number of carbonyl (C=O) groups is 1. The van der Waals surface area contributed by atoms with Crippen LogP contribution in [0.1, 0.15) is 12.8 Å². The molecule has 3 rings (SSSR count). The highest BCUT2D eigenvalue weighted by Gasteiger charge is 2.29. The van der Waals surface area contributed by atoms with Gasteiger partial charge in [-0.3, -0.25) is 14.9 Å². The van der Waals surface area contributed by atoms with Crippen molar-refractivity contribution in [1.82, 2.24) is 0 Å². The predicted octanol–water partition coefficient (Wildman–Crippen LogP) is 3.83. The topological polar surface area (TPSA) is 84.3 Å². The summed E-state index contributed by atoms with van der Waals surface area (Å²) in [5, 5.41) is 16.7. The van der Waals surface area contributed by atoms with Gasteiger partial charge in [0.15, 0.2) is 0 Å². The van der Waals surface area contributed by atoms with Crippen LogP contribution in [0.25, 0.3) is 0 Å². The van der Waals surface area contributed by atoms with E-state index < -0.39 is 10.7 Å². The minimum atomic E-state index is -0.673. The van der Waals surface area contributed by atoms with Crippen LogP contribution in [-0.2, 0) is 4.79 Å². The number of hydrogen-bond acceptors (Lipinski definition) is 4. The SMILES string of the molecule is O=C(Nc1cccc(Nc2ccc(F)cc2[N+](=O)[O-])c1)C1CC1. The Labute approximate surface area is 131 Å². The van der Waals surface area contributed by atoms with E-state index in [0.717, 1.165) is 25.0 Å². The highest BCUT2D eigenvalue weighted by molar-refractivity contribution is 5.94. The fourth-order valence-corrected chi connectivity index (χ4v) is 2.18. The molecule has 0 aliphatic heterocycles. The summed E-state index contributed by atoms with van der Waals surface area (Å²) >= 11 is 0. The Bertz CT molecular complexity index is 775. The summed E-state index contributed by atoms with van der Waals surface area (Å²) in [4.78, 5) is 22.1. The third-order valence-corrected chi connectivity index (χ3v) is 3.51. The van der Waals surface area contributed by atoms with Crippen molar-refractivity contribution in [2.75, 3.05) is 10.6 Å². The van der Waals surface area contributed by atoms with E-state index in [0.29, 0.717) is 11.4 Å². The van der Waals surface area contributed by atoms with Crippen LogP contribution in [0.15, 0.2) is 42.5 Å². The van der Waals surface area contributed by atoms with Crippen molar-refractivity contribution in [3.8, 4) is 0 Å². The van der Waals surface area contributed by atoms with Crippen LogP contribution in [0.3, 0.4) is 0 Å². The first-order valence-electron chi connectivity index (χ1n) is 7.15. The van der Waals surface area contributed by atoms with Gasteiger partial charge in [-0.2, -0.15) is 0 Å². The first-order valence-corrected chi connectivity index (χ1v) is 7.15. The molecule has 6 nitrogen and oxygen atoms in total. The molecule has 0 radical (unpaired) electrons. The zero-order chi connectivity index (χ0) is 16.4. The smallest absolute Gasteiger partial charge is 0.295 e. The summed E-state index contributed by atoms with van der Waals surface area (Å²) in [5.74, 6) is -0.604. The van der Waals surface area contributed by atoms with Crippen molar-refractivity contribution in [1.29, 1.82) is 0 Å². The Balaban J connectivity index is 1.80. The second-order valence-corrected chi connectivity index (χ2v) is 5.39. The summed E-state index contributed by atoms with van der Waals surface area (Å²) in [6.07, 6.45) is 1.82. The molecular weight excluding hydrogens is 301 g/mol. The van der Waals surface area contributed by atoms with Crippen LogP contribution < -0.4 is 10.6 Å². The number of hydrogen-bond donors (Lipinski definition) is 2. The van der Waals surface area contributed by atoms with Crippen LogP contribution in [0.4, 0.5) is 27.1 Å². The Morgan fingerprint density at radius 1 is 1.17 bits per heavy atom. The zero-order valence-electron chi connectivity index (χ0n) is 12.1. The molecule has 0 heterocycles. The first-order chi connectivity index (χ1) is 11.0. The number of nitrogens with zero attached hydrogens (tertiary/aromatic N) is 1. The Hall–Kier alpha value is -2.96. The van der Waals surface area contributed by atoms with E-state index in [9.17, 15) is 19.3 Å². The lowest BCUT2D eigenvalue weighted by molar-refractivity contribution is -0.384. The molecule has 1 fully saturated rings. The largest absolute Gasteiger partial charge is 0.350 e. The molecule has 1 saturated carbocycles. The van der Waals surface area contributed by atoms with E-state index >= 15 is 0 Å². The zero-order valence-corrected chi connectivity index (χ0v) is 12.1. The number of halogens is 1. The second-order valence-electron chi connectivity index (χ2n) is 5.39. The van der Waals surface area contributed by atoms with E-state index in [2.05, 4.69) is 10.6 Å². The minimum absolute atomic E-state index is 0.0186. The van der Waals surface area contributed by atoms with Crippen molar-refractivity contribution in [2.45, 2.75) is 12.8 Å². The molecule has 1 aliphatic rings. The summed E-state index contributed by atoms with van der Waals surface area (Å²) in [6, 6.07) is 10.2. The molecule has 0 spiro atoms. The lowest BCUT2D eigenvalue weighted by Gasteiger charge is -2.10. The maximum absolute atomic E-state index is 13.2. The van der Waals surface area contributed by atoms with Gasteiger partial charge in [-0.1, -0.05) is 6.07 Å². The van der Waals surface area contributed by atoms with Crippen LogP contribution in [0, 0.1) is 21.8 Å². The monoisotopic (exact) mass is 315 g/mol. The maximum Gasteiger partial charge on any atom is 0.295 e. The van der Waals surface area contributed by atoms with E-state index in [-0.39, 0.29) is 23.2 Å². The quantitative estimate of drug-likeness (QED) is 0.649. The summed E-state index contributed by atoms with van der Waals surface area (Å²) in [7, 11) is 0. The van der Waals surface area contributed by atoms with E-state index in [4.69, 9.17) is 0 Å². The van der Waals surface area contributed by atoms with Gasteiger partial charge < -0.3 is 10.6 Å². The lowest BCUT2D eigenvalue weighted by atomic mass is 10.2. The number of nitro benzene ring substituents is 1. The van der Waals surface area contributed by atoms with Gasteiger partial charge in [-0.05, 0) is 43.2 Å². The van der Waals surface area contributed by atoms with Gasteiger partial charge in [0.25, 0.3) is 5.69 Å². The Morgan fingerprint density at radius 2 is 1.91 bits per heavy atom. The average Bonchev–Trinajstić information content (AvgIpc) is 3.34. The standard InChI is InChI=1S/C16H14FN3O3/c17-11-6-7-14(15(8-11)20(22)23)18-12-2-1-3-13(9-12)19-16(21)10-4-5-10/h1-3,6-10,18H,4-5H2,(H,19,21). The first kappa shape index (κ1) is 15.0. The number of amides is 1. The highest BCUT2D eigenvalue weighted by atomic mass is 19.1. The van der Waals surface area contributed by atoms with Crippen LogP contribution in [0.2, 0.25) is 0 Å². The molecule has 2 N–H and O–H groups in total. The van der Waals surface area contributed by atoms with Gasteiger partial charge >= 0.3 is 0 Å². The van der Waals surface area contributed by atoms with Crippen molar-refractivity contribution >= 4 is 28.7 Å². The Morgan fingerprint density at radius 3 is 2.61 bits per heavy atom. The number of nitro groups is 1. The molecule has 1 amide bonds. The summed E-state index contributed by atoms with van der Waals surface area (Å²) in [5.41, 5.74) is 1.00. The predicted molar refractivity (Wildman–Crippen MR) is 84.1 cm³/mol. The van der Waals surface area contributed by atoms with Gasteiger partial charge in [0.05, 0.1) is 11.0 Å². The lowest BCUT2D eigenvalue weighted by Crippen LogP contribution is -2.13. The molecule has 0 unspecified atom stereocenters. The van der Waals surface area contributed by atoms with Crippen LogP contribution >= 0.6 is 0 Å². The molecule has 1 aliphatic carbocycles. The highest BCUT2D eigenvalue weighted by Crippen LogP contribution is 2.31. The number of benzene rings is 2. The fraction of sp³-hybridized carbons (Fsp3) is 0.188. The van der Waals surface area contributed by atoms with Crippen molar-refractivity contribution in [3.63, 3.8) is 0 Å². The molecule has 23 heavy (non-hydrogen) atoms. The fourth-order valence-electron chi connectivity index (χ4n) is 2.18. The molecule has 118 valence electrons. The molecule has 0 saturated heterocycles. The van der Waals surface area contributed by atoms with Gasteiger partial charge in [-0.25, -0.2) is 4.39 Å². The molecule has 2 aromatic rings. The normalized spacial score (nSPS) is 13.4. The number of carbonyl (C=O) groups excluding carboxylic acids is 1. The van der Waals surface area contributed by atoms with Gasteiger partial charge in [0, 0.05) is 17.3 Å². The van der Waals surface area contributed by atoms with Crippen molar-refractivity contribution in [2.24, 2.45) is 5.92 Å². The number of anilines is 3. The average molecular weight is 315 g/mol. The summed E-state index contributed by atoms with van der Waals surface area (Å²) < 4.78 is 13.2. The molecule has 7 heteroatoms. The number of nitrogens with one attached hydrogen (secondary N) is 2. The van der Waals surface area contributed by atoms with E-state index in [1.807, 2.05) is 0 Å². The third kappa shape index (κ3) is 3.63. The van der Waals surface area contributed by atoms with Crippen molar-refractivity contribution in [3.05, 3.63) is 58.4 Å². The van der Waals surface area contributed by atoms with E-state index in [1.54, 1.807) is 24.3 Å². The van der Waals surface area contributed by atoms with Gasteiger partial charge in [0.1, 0.15) is 11.5 Å². The van der Waals surface area contributed by atoms with Crippen molar-refractivity contribution < 1.29 is 14.1 Å². The van der Waals surface area contributed by atoms with Gasteiger partial charge in [0.2, 0.25) is 5.91 Å². The Kier molecular flexibility index (Phi) is 3.92. The molecular formula is C16H14FN3O3. The van der Waals surface area contributed by atoms with Gasteiger partial charge in [-0.15, -0.1) is 0 Å². The molecule has 0 aromatic heterocycles. The van der Waals surface area contributed by atoms with Crippen LogP contribution in [0.5, 0.6) is 0 Å². The third-order valence-electron chi connectivity index (χ3n) is 3.51. The van der Waals surface area contributed by atoms with Crippen LogP contribution in [-0.4, -0.2) is 10.8 Å². The minimum Gasteiger partial charge on any atom is -0.350 e.